The highest BCUT2D eigenvalue weighted by Gasteiger charge is 2.41. The predicted octanol–water partition coefficient (Wildman–Crippen LogP) is 3.79. The molecule has 1 aliphatic heterocycles. The molecule has 13 atom stereocenters. The smallest absolute Gasteiger partial charge is 0.404 e. The Hall–Kier alpha value is -2.73. The number of primary amides is 1. The summed E-state index contributed by atoms with van der Waals surface area (Å²) in [5, 5.41) is 43.0. The first-order valence-electron chi connectivity index (χ1n) is 15.6. The molecule has 2 heterocycles. The van der Waals surface area contributed by atoms with Gasteiger partial charge in [-0.05, 0) is 38.5 Å². The molecule has 1 fully saturated rings. The van der Waals surface area contributed by atoms with E-state index >= 15 is 0 Å². The quantitative estimate of drug-likeness (QED) is 0.134. The molecular weight excluding hydrogens is 568 g/mol. The second-order valence-corrected chi connectivity index (χ2v) is 13.1. The van der Waals surface area contributed by atoms with Gasteiger partial charge in [-0.3, -0.25) is 4.79 Å². The van der Waals surface area contributed by atoms with Crippen LogP contribution in [0.4, 0.5) is 4.79 Å². The van der Waals surface area contributed by atoms with Crippen molar-refractivity contribution in [3.05, 3.63) is 42.2 Å². The van der Waals surface area contributed by atoms with Crippen molar-refractivity contribution in [2.45, 2.75) is 111 Å². The highest BCUT2D eigenvalue weighted by Crippen LogP contribution is 2.31. The van der Waals surface area contributed by atoms with E-state index in [2.05, 4.69) is 4.98 Å². The van der Waals surface area contributed by atoms with Crippen molar-refractivity contribution < 1.29 is 43.9 Å². The van der Waals surface area contributed by atoms with Crippen molar-refractivity contribution in [3.63, 3.8) is 0 Å². The molecule has 11 nitrogen and oxygen atoms in total. The molecule has 1 amide bonds. The van der Waals surface area contributed by atoms with Gasteiger partial charge in [0.1, 0.15) is 18.5 Å². The molecule has 0 saturated carbocycles. The number of aliphatic hydroxyl groups excluding tert-OH is 4. The fraction of sp³-hybridized carbons (Fsp3) is 0.727. The van der Waals surface area contributed by atoms with Crippen LogP contribution in [0.2, 0.25) is 0 Å². The molecule has 1 aromatic heterocycles. The molecule has 250 valence electrons. The van der Waals surface area contributed by atoms with Gasteiger partial charge in [-0.15, -0.1) is 0 Å². The van der Waals surface area contributed by atoms with Crippen LogP contribution in [0.5, 0.6) is 0 Å². The number of aliphatic hydroxyl groups is 4. The van der Waals surface area contributed by atoms with E-state index in [0.29, 0.717) is 18.5 Å². The number of hydrogen-bond donors (Lipinski definition) is 5. The average molecular weight is 623 g/mol. The Kier molecular flexibility index (Phi) is 14.6. The molecule has 2 rings (SSSR count). The molecule has 0 radical (unpaired) electrons. The Labute approximate surface area is 261 Å². The molecule has 0 aliphatic carbocycles. The van der Waals surface area contributed by atoms with Crippen molar-refractivity contribution in [1.29, 1.82) is 0 Å². The maximum atomic E-state index is 12.0. The summed E-state index contributed by atoms with van der Waals surface area (Å²) in [6.45, 7) is 14.8. The van der Waals surface area contributed by atoms with E-state index in [0.717, 1.165) is 5.57 Å². The monoisotopic (exact) mass is 622 g/mol. The summed E-state index contributed by atoms with van der Waals surface area (Å²) in [5.41, 5.74) is 7.06. The van der Waals surface area contributed by atoms with Gasteiger partial charge < -0.3 is 40.1 Å². The number of cyclic esters (lactones) is 1. The molecule has 1 aliphatic rings. The minimum Gasteiger partial charge on any atom is -0.462 e. The van der Waals surface area contributed by atoms with Crippen LogP contribution < -0.4 is 5.73 Å². The molecule has 0 spiro atoms. The lowest BCUT2D eigenvalue weighted by Crippen LogP contribution is -2.47. The van der Waals surface area contributed by atoms with Crippen molar-refractivity contribution in [2.75, 3.05) is 0 Å². The zero-order chi connectivity index (χ0) is 33.3. The Bertz CT molecular complexity index is 1090. The van der Waals surface area contributed by atoms with Crippen molar-refractivity contribution in [3.8, 4) is 0 Å². The fourth-order valence-electron chi connectivity index (χ4n) is 6.27. The number of amides is 1. The Morgan fingerprint density at radius 3 is 2.32 bits per heavy atom. The number of nitrogens with zero attached hydrogens (tertiary/aromatic N) is 1. The highest BCUT2D eigenvalue weighted by molar-refractivity contribution is 5.73. The van der Waals surface area contributed by atoms with Crippen LogP contribution in [0, 0.1) is 41.4 Å². The number of aromatic nitrogens is 1. The van der Waals surface area contributed by atoms with Gasteiger partial charge in [0.15, 0.2) is 6.39 Å². The Balaban J connectivity index is 1.94. The van der Waals surface area contributed by atoms with E-state index in [-0.39, 0.29) is 36.0 Å². The molecule has 1 saturated heterocycles. The van der Waals surface area contributed by atoms with E-state index in [1.54, 1.807) is 26.0 Å². The van der Waals surface area contributed by atoms with Crippen LogP contribution in [0.25, 0.3) is 0 Å². The molecule has 6 N–H and O–H groups in total. The summed E-state index contributed by atoms with van der Waals surface area (Å²) < 4.78 is 15.9. The van der Waals surface area contributed by atoms with Gasteiger partial charge in [0.25, 0.3) is 0 Å². The normalized spacial score (nSPS) is 27.5. The number of nitrogens with two attached hydrogens (primary N) is 1. The summed E-state index contributed by atoms with van der Waals surface area (Å²) in [6, 6.07) is 0. The molecule has 0 aromatic carbocycles. The van der Waals surface area contributed by atoms with Gasteiger partial charge in [0.05, 0.1) is 36.0 Å². The number of ether oxygens (including phenoxy) is 2. The number of esters is 1. The van der Waals surface area contributed by atoms with Gasteiger partial charge >= 0.3 is 12.1 Å². The number of oxazole rings is 1. The van der Waals surface area contributed by atoms with Crippen LogP contribution >= 0.6 is 0 Å². The van der Waals surface area contributed by atoms with Crippen molar-refractivity contribution >= 4 is 12.1 Å². The average Bonchev–Trinajstić information content (AvgIpc) is 3.47. The number of rotatable bonds is 16. The fourth-order valence-corrected chi connectivity index (χ4v) is 6.27. The zero-order valence-corrected chi connectivity index (χ0v) is 27.4. The summed E-state index contributed by atoms with van der Waals surface area (Å²) in [5.74, 6) is -2.59. The predicted molar refractivity (Wildman–Crippen MR) is 165 cm³/mol. The second kappa shape index (κ2) is 17.1. The van der Waals surface area contributed by atoms with E-state index in [1.807, 2.05) is 47.6 Å². The van der Waals surface area contributed by atoms with Crippen LogP contribution in [-0.4, -0.2) is 74.1 Å². The number of allylic oxidation sites excluding steroid dienone is 1. The second-order valence-electron chi connectivity index (χ2n) is 13.1. The first-order valence-corrected chi connectivity index (χ1v) is 15.6. The molecular formula is C33H54N2O9. The van der Waals surface area contributed by atoms with Gasteiger partial charge in [0, 0.05) is 30.1 Å². The van der Waals surface area contributed by atoms with Crippen LogP contribution in [-0.2, 0) is 20.7 Å². The van der Waals surface area contributed by atoms with Crippen LogP contribution in [0.15, 0.2) is 40.9 Å². The SMILES string of the molecule is C/C(=C/[C@H](C)[C@@H](O)[C@@H](C)/C=C\[C@@H](O)C[C@@H]1OC(=O)[C@H](C)[C@@H](O)[C@H]1C)C[C@H](C)[C@@H](O)C(C)[C@@H](OC(N)=O)[C@@H](C)Cc1cocn1. The third kappa shape index (κ3) is 10.7. The summed E-state index contributed by atoms with van der Waals surface area (Å²) in [7, 11) is 0. The summed E-state index contributed by atoms with van der Waals surface area (Å²) in [6.07, 6.45) is 4.06. The van der Waals surface area contributed by atoms with Crippen LogP contribution in [0.3, 0.4) is 0 Å². The molecule has 1 unspecified atom stereocenters. The minimum atomic E-state index is -0.900. The van der Waals surface area contributed by atoms with Gasteiger partial charge in [0.2, 0.25) is 0 Å². The molecule has 44 heavy (non-hydrogen) atoms. The van der Waals surface area contributed by atoms with E-state index in [4.69, 9.17) is 19.6 Å². The summed E-state index contributed by atoms with van der Waals surface area (Å²) >= 11 is 0. The van der Waals surface area contributed by atoms with Gasteiger partial charge in [-0.25, -0.2) is 9.78 Å². The number of carbonyl (C=O) groups is 2. The Morgan fingerprint density at radius 2 is 1.73 bits per heavy atom. The highest BCUT2D eigenvalue weighted by atomic mass is 16.6. The topological polar surface area (TPSA) is 186 Å². The van der Waals surface area contributed by atoms with E-state index in [1.165, 1.54) is 12.7 Å². The number of carbonyl (C=O) groups excluding carboxylic acids is 2. The zero-order valence-electron chi connectivity index (χ0n) is 27.4. The standard InChI is InChI=1S/C33H54N2O9/c1-17(12-20(4)29(38)23(7)31(44-33(34)41)21(5)13-25-15-42-16-35-25)11-19(3)28(37)18(2)9-10-26(36)14-27-22(6)30(39)24(8)32(40)43-27/h9-11,15-16,18-24,26-31,36-39H,12-14H2,1-8H3,(H2,34,41)/b10-9-,17-11-/t18-,19-,20-,21-,22-,23?,24+,26+,27-,28-,29+,30-,31-/m0/s1. The molecule has 0 bridgehead atoms. The third-order valence-corrected chi connectivity index (χ3v) is 9.12. The minimum absolute atomic E-state index is 0.160. The van der Waals surface area contributed by atoms with Crippen molar-refractivity contribution in [2.24, 2.45) is 47.2 Å². The first-order chi connectivity index (χ1) is 20.5. The lowest BCUT2D eigenvalue weighted by atomic mass is 9.80. The lowest BCUT2D eigenvalue weighted by Gasteiger charge is -2.36. The van der Waals surface area contributed by atoms with E-state index < -0.39 is 60.5 Å². The number of hydrogen-bond acceptors (Lipinski definition) is 10. The maximum absolute atomic E-state index is 12.0. The largest absolute Gasteiger partial charge is 0.462 e. The van der Waals surface area contributed by atoms with Gasteiger partial charge in [-0.2, -0.15) is 0 Å². The lowest BCUT2D eigenvalue weighted by molar-refractivity contribution is -0.179. The molecule has 11 heteroatoms. The summed E-state index contributed by atoms with van der Waals surface area (Å²) in [4.78, 5) is 27.8. The third-order valence-electron chi connectivity index (χ3n) is 9.12. The van der Waals surface area contributed by atoms with Gasteiger partial charge in [-0.1, -0.05) is 65.3 Å². The first kappa shape index (κ1) is 37.5. The molecule has 1 aromatic rings. The van der Waals surface area contributed by atoms with E-state index in [9.17, 15) is 30.0 Å². The Morgan fingerprint density at radius 1 is 1.07 bits per heavy atom. The van der Waals surface area contributed by atoms with Crippen LogP contribution in [0.1, 0.15) is 73.9 Å². The maximum Gasteiger partial charge on any atom is 0.404 e. The van der Waals surface area contributed by atoms with Crippen molar-refractivity contribution in [1.82, 2.24) is 4.98 Å².